The number of hydrogen-bond acceptors (Lipinski definition) is 3. The molecule has 132 valence electrons. The average molecular weight is 340 g/mol. The largest absolute Gasteiger partial charge is 0.494 e. The zero-order valence-corrected chi connectivity index (χ0v) is 14.9. The molecule has 2 aromatic rings. The molecule has 1 N–H and O–H groups in total. The van der Waals surface area contributed by atoms with Gasteiger partial charge in [-0.25, -0.2) is 4.79 Å². The average Bonchev–Trinajstić information content (AvgIpc) is 2.58. The molecule has 4 heteroatoms. The van der Waals surface area contributed by atoms with Crippen LogP contribution in [0.15, 0.2) is 48.5 Å². The number of hydrogen-bond donors (Lipinski definition) is 1. The van der Waals surface area contributed by atoms with Gasteiger partial charge in [-0.3, -0.25) is 0 Å². The van der Waals surface area contributed by atoms with Crippen molar-refractivity contribution in [3.63, 3.8) is 0 Å². The van der Waals surface area contributed by atoms with Gasteiger partial charge in [-0.2, -0.15) is 0 Å². The van der Waals surface area contributed by atoms with Crippen LogP contribution in [0.2, 0.25) is 0 Å². The summed E-state index contributed by atoms with van der Waals surface area (Å²) in [7, 11) is 0. The Balaban J connectivity index is 2.32. The summed E-state index contributed by atoms with van der Waals surface area (Å²) in [5.41, 5.74) is 1.59. The minimum atomic E-state index is -0.984. The van der Waals surface area contributed by atoms with Crippen LogP contribution in [0.1, 0.15) is 31.9 Å². The van der Waals surface area contributed by atoms with Crippen molar-refractivity contribution >= 4 is 17.6 Å². The number of carboxylic acid groups (broad SMARTS) is 1. The first-order valence-corrected chi connectivity index (χ1v) is 8.40. The van der Waals surface area contributed by atoms with E-state index < -0.39 is 5.97 Å². The summed E-state index contributed by atoms with van der Waals surface area (Å²) in [6, 6.07) is 14.5. The van der Waals surface area contributed by atoms with Crippen molar-refractivity contribution in [2.45, 2.75) is 20.8 Å². The normalized spacial score (nSPS) is 11.4. The monoisotopic (exact) mass is 340 g/mol. The van der Waals surface area contributed by atoms with Crippen molar-refractivity contribution in [2.75, 3.05) is 13.2 Å². The molecule has 0 atom stereocenters. The van der Waals surface area contributed by atoms with Crippen LogP contribution >= 0.6 is 0 Å². The lowest BCUT2D eigenvalue weighted by molar-refractivity contribution is -0.130. The van der Waals surface area contributed by atoms with Gasteiger partial charge in [-0.15, -0.1) is 0 Å². The molecule has 0 saturated carbocycles. The zero-order chi connectivity index (χ0) is 18.2. The highest BCUT2D eigenvalue weighted by molar-refractivity contribution is 6.20. The van der Waals surface area contributed by atoms with Crippen LogP contribution in [0.4, 0.5) is 0 Å². The second kappa shape index (κ2) is 8.92. The molecule has 0 aliphatic carbocycles. The van der Waals surface area contributed by atoms with Gasteiger partial charge in [0.2, 0.25) is 0 Å². The molecule has 25 heavy (non-hydrogen) atoms. The van der Waals surface area contributed by atoms with Crippen LogP contribution in [0.25, 0.3) is 11.6 Å². The molecular formula is C21H24O4. The van der Waals surface area contributed by atoms with Crippen LogP contribution in [-0.2, 0) is 4.79 Å². The lowest BCUT2D eigenvalue weighted by Gasteiger charge is -2.10. The van der Waals surface area contributed by atoms with Crippen molar-refractivity contribution < 1.29 is 19.4 Å². The second-order valence-electron chi connectivity index (χ2n) is 6.10. The quantitative estimate of drug-likeness (QED) is 0.557. The highest BCUT2D eigenvalue weighted by Crippen LogP contribution is 2.24. The Morgan fingerprint density at radius 2 is 1.76 bits per heavy atom. The molecule has 0 fully saturated rings. The van der Waals surface area contributed by atoms with E-state index in [0.717, 1.165) is 11.3 Å². The number of carbonyl (C=O) groups is 1. The van der Waals surface area contributed by atoms with E-state index in [1.165, 1.54) is 0 Å². The first-order chi connectivity index (χ1) is 12.0. The fourth-order valence-corrected chi connectivity index (χ4v) is 2.31. The Morgan fingerprint density at radius 3 is 2.40 bits per heavy atom. The van der Waals surface area contributed by atoms with E-state index in [0.29, 0.717) is 30.4 Å². The van der Waals surface area contributed by atoms with Gasteiger partial charge in [-0.1, -0.05) is 38.1 Å². The van der Waals surface area contributed by atoms with Gasteiger partial charge in [0.25, 0.3) is 0 Å². The van der Waals surface area contributed by atoms with Crippen LogP contribution < -0.4 is 9.47 Å². The van der Waals surface area contributed by atoms with Crippen molar-refractivity contribution in [3.8, 4) is 11.5 Å². The van der Waals surface area contributed by atoms with Crippen LogP contribution in [0.3, 0.4) is 0 Å². The van der Waals surface area contributed by atoms with Gasteiger partial charge in [0.05, 0.1) is 18.8 Å². The third-order valence-corrected chi connectivity index (χ3v) is 3.44. The molecule has 0 aromatic heterocycles. The van der Waals surface area contributed by atoms with Crippen molar-refractivity contribution in [2.24, 2.45) is 5.92 Å². The standard InChI is InChI=1S/C21H24O4/c1-4-24-19-10-6-8-17(13-19)20(21(22)23)12-16-7-5-9-18(11-16)25-14-15(2)3/h5-13,15H,4,14H2,1-3H3,(H,22,23)/b20-12-. The number of benzene rings is 2. The van der Waals surface area contributed by atoms with Gasteiger partial charge >= 0.3 is 5.97 Å². The third kappa shape index (κ3) is 5.68. The molecule has 0 saturated heterocycles. The first kappa shape index (κ1) is 18.6. The molecule has 0 heterocycles. The highest BCUT2D eigenvalue weighted by atomic mass is 16.5. The fraction of sp³-hybridized carbons (Fsp3) is 0.286. The van der Waals surface area contributed by atoms with Gasteiger partial charge in [0, 0.05) is 0 Å². The zero-order valence-electron chi connectivity index (χ0n) is 14.9. The Bertz CT molecular complexity index is 747. The summed E-state index contributed by atoms with van der Waals surface area (Å²) in [5.74, 6) is 0.827. The fourth-order valence-electron chi connectivity index (χ4n) is 2.31. The van der Waals surface area contributed by atoms with E-state index in [9.17, 15) is 9.90 Å². The molecule has 0 spiro atoms. The smallest absolute Gasteiger partial charge is 0.336 e. The number of rotatable bonds is 8. The highest BCUT2D eigenvalue weighted by Gasteiger charge is 2.12. The predicted octanol–water partition coefficient (Wildman–Crippen LogP) is 4.75. The molecule has 0 unspecified atom stereocenters. The van der Waals surface area contributed by atoms with E-state index in [1.807, 2.05) is 37.3 Å². The Morgan fingerprint density at radius 1 is 1.08 bits per heavy atom. The van der Waals surface area contributed by atoms with Gasteiger partial charge in [-0.05, 0) is 54.3 Å². The van der Waals surface area contributed by atoms with E-state index in [4.69, 9.17) is 9.47 Å². The summed E-state index contributed by atoms with van der Waals surface area (Å²) in [4.78, 5) is 11.7. The van der Waals surface area contributed by atoms with Crippen LogP contribution in [0, 0.1) is 5.92 Å². The minimum Gasteiger partial charge on any atom is -0.494 e. The van der Waals surface area contributed by atoms with Crippen molar-refractivity contribution in [1.29, 1.82) is 0 Å². The lowest BCUT2D eigenvalue weighted by atomic mass is 10.0. The van der Waals surface area contributed by atoms with E-state index in [2.05, 4.69) is 13.8 Å². The summed E-state index contributed by atoms with van der Waals surface area (Å²) in [6.45, 7) is 7.21. The maximum Gasteiger partial charge on any atom is 0.336 e. The molecule has 2 rings (SSSR count). The van der Waals surface area contributed by atoms with Gasteiger partial charge in [0.15, 0.2) is 0 Å². The third-order valence-electron chi connectivity index (χ3n) is 3.44. The number of carboxylic acids is 1. The summed E-state index contributed by atoms with van der Waals surface area (Å²) < 4.78 is 11.2. The Kier molecular flexibility index (Phi) is 6.63. The number of aliphatic carboxylic acids is 1. The van der Waals surface area contributed by atoms with E-state index >= 15 is 0 Å². The predicted molar refractivity (Wildman–Crippen MR) is 99.9 cm³/mol. The molecule has 0 bridgehead atoms. The maximum atomic E-state index is 11.7. The summed E-state index contributed by atoms with van der Waals surface area (Å²) in [5, 5.41) is 9.61. The van der Waals surface area contributed by atoms with Crippen molar-refractivity contribution in [1.82, 2.24) is 0 Å². The Hall–Kier alpha value is -2.75. The Labute approximate surface area is 148 Å². The summed E-state index contributed by atoms with van der Waals surface area (Å²) in [6.07, 6.45) is 1.65. The van der Waals surface area contributed by atoms with Crippen molar-refractivity contribution in [3.05, 3.63) is 59.7 Å². The van der Waals surface area contributed by atoms with E-state index in [-0.39, 0.29) is 5.57 Å². The van der Waals surface area contributed by atoms with Gasteiger partial charge < -0.3 is 14.6 Å². The molecule has 0 amide bonds. The first-order valence-electron chi connectivity index (χ1n) is 8.40. The molecule has 2 aromatic carbocycles. The topological polar surface area (TPSA) is 55.8 Å². The lowest BCUT2D eigenvalue weighted by Crippen LogP contribution is -2.04. The molecule has 4 nitrogen and oxygen atoms in total. The second-order valence-corrected chi connectivity index (χ2v) is 6.10. The van der Waals surface area contributed by atoms with Crippen LogP contribution in [-0.4, -0.2) is 24.3 Å². The molecular weight excluding hydrogens is 316 g/mol. The molecule has 0 aliphatic rings. The summed E-state index contributed by atoms with van der Waals surface area (Å²) >= 11 is 0. The van der Waals surface area contributed by atoms with Crippen LogP contribution in [0.5, 0.6) is 11.5 Å². The number of ether oxygens (including phenoxy) is 2. The molecule has 0 aliphatic heterocycles. The molecule has 0 radical (unpaired) electrons. The maximum absolute atomic E-state index is 11.7. The SMILES string of the molecule is CCOc1cccc(/C(=C/c2cccc(OCC(C)C)c2)C(=O)O)c1. The van der Waals surface area contributed by atoms with Gasteiger partial charge in [0.1, 0.15) is 11.5 Å². The van der Waals surface area contributed by atoms with E-state index in [1.54, 1.807) is 24.3 Å². The minimum absolute atomic E-state index is 0.211.